The molecule has 1 atom stereocenters. The van der Waals surface area contributed by atoms with Crippen molar-refractivity contribution < 1.29 is 14.3 Å². The van der Waals surface area contributed by atoms with Gasteiger partial charge in [0, 0.05) is 33.7 Å². The van der Waals surface area contributed by atoms with E-state index >= 15 is 0 Å². The van der Waals surface area contributed by atoms with Crippen LogP contribution in [0.15, 0.2) is 80.1 Å². The SMILES string of the molecule is CCN(CC)C(=O)C1=C(C)N=c2s/c(=C/c3cc(Br)c(OCc4ccc(Cl)cc4Cl)c(OC)c3)c(=O)n2[C@@H]1c1ccc(Cl)cc1. The molecular formula is C33H29BrCl3N3O4S. The number of fused-ring (bicyclic) bond motifs is 1. The summed E-state index contributed by atoms with van der Waals surface area (Å²) in [6, 6.07) is 15.4. The molecule has 0 fully saturated rings. The smallest absolute Gasteiger partial charge is 0.271 e. The van der Waals surface area contributed by atoms with E-state index in [4.69, 9.17) is 49.3 Å². The quantitative estimate of drug-likeness (QED) is 0.179. The van der Waals surface area contributed by atoms with Crippen molar-refractivity contribution in [2.24, 2.45) is 4.99 Å². The zero-order valence-electron chi connectivity index (χ0n) is 24.9. The van der Waals surface area contributed by atoms with Crippen molar-refractivity contribution in [1.29, 1.82) is 0 Å². The number of amides is 1. The number of carbonyl (C=O) groups is 1. The number of likely N-dealkylation sites (N-methyl/N-ethyl adjacent to an activating group) is 1. The number of halogens is 4. The molecule has 45 heavy (non-hydrogen) atoms. The van der Waals surface area contributed by atoms with Crippen molar-refractivity contribution in [1.82, 2.24) is 9.47 Å². The Morgan fingerprint density at radius 2 is 1.76 bits per heavy atom. The van der Waals surface area contributed by atoms with Gasteiger partial charge in [0.05, 0.1) is 33.4 Å². The first-order chi connectivity index (χ1) is 21.6. The molecule has 1 aliphatic heterocycles. The van der Waals surface area contributed by atoms with Crippen molar-refractivity contribution in [3.05, 3.63) is 122 Å². The van der Waals surface area contributed by atoms with Gasteiger partial charge in [0.2, 0.25) is 0 Å². The van der Waals surface area contributed by atoms with Gasteiger partial charge in [0.15, 0.2) is 16.3 Å². The fourth-order valence-corrected chi connectivity index (χ4v) is 7.35. The Kier molecular flexibility index (Phi) is 10.5. The van der Waals surface area contributed by atoms with E-state index in [2.05, 4.69) is 15.9 Å². The number of carbonyl (C=O) groups excluding carboxylic acids is 1. The molecule has 1 aromatic heterocycles. The number of thiazole rings is 1. The predicted molar refractivity (Wildman–Crippen MR) is 185 cm³/mol. The first-order valence-electron chi connectivity index (χ1n) is 14.1. The molecular weight excluding hydrogens is 721 g/mol. The number of benzene rings is 3. The summed E-state index contributed by atoms with van der Waals surface area (Å²) in [6.45, 7) is 6.94. The van der Waals surface area contributed by atoms with Crippen molar-refractivity contribution in [3.63, 3.8) is 0 Å². The summed E-state index contributed by atoms with van der Waals surface area (Å²) in [5.41, 5.74) is 3.02. The van der Waals surface area contributed by atoms with Gasteiger partial charge in [-0.1, -0.05) is 64.3 Å². The number of allylic oxidation sites excluding steroid dienone is 1. The van der Waals surface area contributed by atoms with Crippen LogP contribution in [0.4, 0.5) is 0 Å². The lowest BCUT2D eigenvalue weighted by atomic mass is 9.94. The van der Waals surface area contributed by atoms with Crippen molar-refractivity contribution >= 4 is 74.1 Å². The van der Waals surface area contributed by atoms with E-state index in [1.54, 1.807) is 59.1 Å². The Morgan fingerprint density at radius 3 is 2.40 bits per heavy atom. The summed E-state index contributed by atoms with van der Waals surface area (Å²) >= 11 is 23.4. The molecule has 0 spiro atoms. The molecule has 7 nitrogen and oxygen atoms in total. The Balaban J connectivity index is 1.58. The summed E-state index contributed by atoms with van der Waals surface area (Å²) in [4.78, 5) is 34.9. The zero-order chi connectivity index (χ0) is 32.4. The molecule has 0 saturated heterocycles. The summed E-state index contributed by atoms with van der Waals surface area (Å²) in [5, 5.41) is 1.60. The van der Waals surface area contributed by atoms with Gasteiger partial charge in [0.1, 0.15) is 6.61 Å². The highest BCUT2D eigenvalue weighted by atomic mass is 79.9. The Morgan fingerprint density at radius 1 is 1.07 bits per heavy atom. The molecule has 3 aromatic carbocycles. The lowest BCUT2D eigenvalue weighted by Crippen LogP contribution is -2.43. The van der Waals surface area contributed by atoms with Gasteiger partial charge in [-0.15, -0.1) is 0 Å². The van der Waals surface area contributed by atoms with E-state index in [0.717, 1.165) is 11.1 Å². The van der Waals surface area contributed by atoms with Crippen LogP contribution in [0.5, 0.6) is 11.5 Å². The highest BCUT2D eigenvalue weighted by Crippen LogP contribution is 2.38. The normalized spacial score (nSPS) is 14.7. The number of hydrogen-bond acceptors (Lipinski definition) is 6. The molecule has 12 heteroatoms. The molecule has 234 valence electrons. The Labute approximate surface area is 288 Å². The van der Waals surface area contributed by atoms with Crippen molar-refractivity contribution in [2.75, 3.05) is 20.2 Å². The third kappa shape index (κ3) is 6.88. The van der Waals surface area contributed by atoms with Gasteiger partial charge in [-0.2, -0.15) is 0 Å². The third-order valence-electron chi connectivity index (χ3n) is 7.43. The molecule has 0 unspecified atom stereocenters. The maximum atomic E-state index is 14.1. The van der Waals surface area contributed by atoms with E-state index < -0.39 is 6.04 Å². The van der Waals surface area contributed by atoms with Crippen LogP contribution in [0.2, 0.25) is 15.1 Å². The van der Waals surface area contributed by atoms with Crippen LogP contribution in [-0.2, 0) is 11.4 Å². The van der Waals surface area contributed by atoms with Crippen molar-refractivity contribution in [3.8, 4) is 11.5 Å². The molecule has 0 radical (unpaired) electrons. The fourth-order valence-electron chi connectivity index (χ4n) is 5.14. The second kappa shape index (κ2) is 14.1. The van der Waals surface area contributed by atoms with Crippen LogP contribution in [0, 0.1) is 0 Å². The van der Waals surface area contributed by atoms with E-state index in [1.807, 2.05) is 39.0 Å². The topological polar surface area (TPSA) is 73.1 Å². The van der Waals surface area contributed by atoms with Crippen LogP contribution in [0.1, 0.15) is 43.5 Å². The van der Waals surface area contributed by atoms with E-state index in [-0.39, 0.29) is 18.1 Å². The van der Waals surface area contributed by atoms with Gasteiger partial charge >= 0.3 is 0 Å². The number of rotatable bonds is 9. The average Bonchev–Trinajstić information content (AvgIpc) is 3.31. The lowest BCUT2D eigenvalue weighted by Gasteiger charge is -2.29. The largest absolute Gasteiger partial charge is 0.493 e. The fraction of sp³-hybridized carbons (Fsp3) is 0.242. The van der Waals surface area contributed by atoms with Crippen LogP contribution in [-0.4, -0.2) is 35.6 Å². The first-order valence-corrected chi connectivity index (χ1v) is 16.8. The first kappa shape index (κ1) is 33.3. The maximum absolute atomic E-state index is 14.1. The molecule has 5 rings (SSSR count). The Hall–Kier alpha value is -3.08. The monoisotopic (exact) mass is 747 g/mol. The Bertz CT molecular complexity index is 1990. The number of methoxy groups -OCH3 is 1. The number of aromatic nitrogens is 1. The summed E-state index contributed by atoms with van der Waals surface area (Å²) in [7, 11) is 1.55. The lowest BCUT2D eigenvalue weighted by molar-refractivity contribution is -0.127. The summed E-state index contributed by atoms with van der Waals surface area (Å²) in [5.74, 6) is 0.801. The molecule has 2 heterocycles. The van der Waals surface area contributed by atoms with E-state index in [9.17, 15) is 9.59 Å². The van der Waals surface area contributed by atoms with Gasteiger partial charge in [-0.05, 0) is 90.3 Å². The second-order valence-electron chi connectivity index (χ2n) is 10.2. The predicted octanol–water partition coefficient (Wildman–Crippen LogP) is 7.41. The zero-order valence-corrected chi connectivity index (χ0v) is 29.5. The average molecular weight is 750 g/mol. The van der Waals surface area contributed by atoms with E-state index in [1.165, 1.54) is 11.3 Å². The van der Waals surface area contributed by atoms with Gasteiger partial charge in [0.25, 0.3) is 11.5 Å². The van der Waals surface area contributed by atoms with Gasteiger partial charge < -0.3 is 14.4 Å². The molecule has 1 amide bonds. The molecule has 0 N–H and O–H groups in total. The van der Waals surface area contributed by atoms with Crippen LogP contribution in [0.25, 0.3) is 6.08 Å². The highest BCUT2D eigenvalue weighted by Gasteiger charge is 2.34. The van der Waals surface area contributed by atoms with Crippen molar-refractivity contribution in [2.45, 2.75) is 33.4 Å². The molecule has 4 aromatic rings. The summed E-state index contributed by atoms with van der Waals surface area (Å²) < 4.78 is 14.4. The minimum Gasteiger partial charge on any atom is -0.493 e. The molecule has 0 aliphatic carbocycles. The minimum atomic E-state index is -0.662. The van der Waals surface area contributed by atoms with Gasteiger partial charge in [-0.3, -0.25) is 14.2 Å². The van der Waals surface area contributed by atoms with Crippen LogP contribution in [0.3, 0.4) is 0 Å². The standard InChI is InChI=1S/C33H29BrCl3N3O4S/c1-5-39(6-2)32(42)28-18(3)38-33-40(29(28)20-7-10-22(35)11-8-20)31(41)27(45-33)15-19-13-24(34)30(26(14-19)43-4)44-17-21-9-12-23(36)16-25(21)37/h7-16,29H,5-6,17H2,1-4H3/b27-15+/t29-/m1/s1. The minimum absolute atomic E-state index is 0.153. The van der Waals surface area contributed by atoms with Gasteiger partial charge in [-0.25, -0.2) is 4.99 Å². The number of ether oxygens (including phenoxy) is 2. The number of hydrogen-bond donors (Lipinski definition) is 0. The molecule has 0 bridgehead atoms. The van der Waals surface area contributed by atoms with Crippen LogP contribution >= 0.6 is 62.1 Å². The number of nitrogens with zero attached hydrogens (tertiary/aromatic N) is 3. The van der Waals surface area contributed by atoms with Crippen LogP contribution < -0.4 is 24.4 Å². The highest BCUT2D eigenvalue weighted by molar-refractivity contribution is 9.10. The maximum Gasteiger partial charge on any atom is 0.271 e. The third-order valence-corrected chi connectivity index (χ3v) is 9.84. The second-order valence-corrected chi connectivity index (χ2v) is 13.3. The van der Waals surface area contributed by atoms with E-state index in [0.29, 0.717) is 70.3 Å². The molecule has 0 saturated carbocycles. The molecule has 1 aliphatic rings. The summed E-state index contributed by atoms with van der Waals surface area (Å²) in [6.07, 6.45) is 1.78.